The number of anilines is 1. The molecule has 0 aliphatic carbocycles. The maximum absolute atomic E-state index is 11.7. The Hall–Kier alpha value is -2.83. The van der Waals surface area contributed by atoms with Crippen molar-refractivity contribution in [2.24, 2.45) is 0 Å². The van der Waals surface area contributed by atoms with Crippen molar-refractivity contribution in [3.05, 3.63) is 47.8 Å². The van der Waals surface area contributed by atoms with Crippen LogP contribution in [0.1, 0.15) is 17.0 Å². The molecule has 1 N–H and O–H groups in total. The first-order valence-corrected chi connectivity index (χ1v) is 6.77. The highest BCUT2D eigenvalue weighted by Gasteiger charge is 2.00. The summed E-state index contributed by atoms with van der Waals surface area (Å²) in [5.74, 6) is 0.415. The van der Waals surface area contributed by atoms with Crippen LogP contribution in [0.25, 0.3) is 6.08 Å². The lowest BCUT2D eigenvalue weighted by Crippen LogP contribution is -2.21. The highest BCUT2D eigenvalue weighted by Crippen LogP contribution is 2.04. The van der Waals surface area contributed by atoms with Gasteiger partial charge in [0.2, 0.25) is 11.9 Å². The van der Waals surface area contributed by atoms with Gasteiger partial charge in [0, 0.05) is 44.3 Å². The molecule has 0 radical (unpaired) electrons. The number of carbonyl (C=O) groups is 1. The largest absolute Gasteiger partial charge is 0.347 e. The molecule has 1 amide bonds. The predicted octanol–water partition coefficient (Wildman–Crippen LogP) is 0.971. The van der Waals surface area contributed by atoms with E-state index in [2.05, 4.69) is 25.3 Å². The molecule has 0 aromatic carbocycles. The van der Waals surface area contributed by atoms with E-state index in [-0.39, 0.29) is 5.91 Å². The Morgan fingerprint density at radius 2 is 1.86 bits per heavy atom. The third-order valence-electron chi connectivity index (χ3n) is 2.76. The van der Waals surface area contributed by atoms with Crippen LogP contribution in [-0.2, 0) is 11.3 Å². The number of aryl methyl sites for hydroxylation is 1. The maximum atomic E-state index is 11.7. The van der Waals surface area contributed by atoms with Crippen LogP contribution in [0.2, 0.25) is 0 Å². The molecule has 2 aromatic rings. The van der Waals surface area contributed by atoms with Crippen molar-refractivity contribution in [3.63, 3.8) is 0 Å². The van der Waals surface area contributed by atoms with Crippen LogP contribution >= 0.6 is 0 Å². The number of nitrogens with zero attached hydrogens (tertiary/aromatic N) is 5. The minimum atomic E-state index is -0.209. The second-order valence-electron chi connectivity index (χ2n) is 4.91. The highest BCUT2D eigenvalue weighted by molar-refractivity contribution is 5.91. The Morgan fingerprint density at radius 1 is 1.14 bits per heavy atom. The minimum absolute atomic E-state index is 0.209. The topological polar surface area (TPSA) is 83.9 Å². The van der Waals surface area contributed by atoms with Gasteiger partial charge in [-0.2, -0.15) is 0 Å². The van der Waals surface area contributed by atoms with Gasteiger partial charge in [0.1, 0.15) is 0 Å². The number of hydrogen-bond donors (Lipinski definition) is 1. The van der Waals surface area contributed by atoms with Crippen molar-refractivity contribution in [3.8, 4) is 0 Å². The molecule has 0 atom stereocenters. The summed E-state index contributed by atoms with van der Waals surface area (Å²) in [5.41, 5.74) is 2.32. The Morgan fingerprint density at radius 3 is 2.45 bits per heavy atom. The molecule has 0 bridgehead atoms. The summed E-state index contributed by atoms with van der Waals surface area (Å²) in [4.78, 5) is 30.2. The van der Waals surface area contributed by atoms with Gasteiger partial charge >= 0.3 is 0 Å². The van der Waals surface area contributed by atoms with Crippen LogP contribution in [0.3, 0.4) is 0 Å². The van der Waals surface area contributed by atoms with E-state index in [1.165, 1.54) is 6.08 Å². The van der Waals surface area contributed by atoms with Crippen molar-refractivity contribution >= 4 is 17.9 Å². The molecule has 0 saturated carbocycles. The molecule has 7 nitrogen and oxygen atoms in total. The lowest BCUT2D eigenvalue weighted by atomic mass is 10.3. The van der Waals surface area contributed by atoms with Crippen LogP contribution in [0.5, 0.6) is 0 Å². The van der Waals surface area contributed by atoms with Crippen molar-refractivity contribution in [1.29, 1.82) is 0 Å². The fourth-order valence-electron chi connectivity index (χ4n) is 1.57. The summed E-state index contributed by atoms with van der Waals surface area (Å²) < 4.78 is 0. The SMILES string of the molecule is Cc1cnc(CNC(=O)C=Cc2cnc(N(C)C)nc2)cn1. The normalized spacial score (nSPS) is 10.7. The Bertz CT molecular complexity index is 649. The monoisotopic (exact) mass is 298 g/mol. The summed E-state index contributed by atoms with van der Waals surface area (Å²) in [6, 6.07) is 0. The van der Waals surface area contributed by atoms with Gasteiger partial charge in [-0.15, -0.1) is 0 Å². The average molecular weight is 298 g/mol. The second-order valence-corrected chi connectivity index (χ2v) is 4.91. The van der Waals surface area contributed by atoms with E-state index < -0.39 is 0 Å². The van der Waals surface area contributed by atoms with Crippen molar-refractivity contribution in [1.82, 2.24) is 25.3 Å². The summed E-state index contributed by atoms with van der Waals surface area (Å²) >= 11 is 0. The predicted molar refractivity (Wildman–Crippen MR) is 84.0 cm³/mol. The van der Waals surface area contributed by atoms with E-state index in [1.807, 2.05) is 25.9 Å². The quantitative estimate of drug-likeness (QED) is 0.828. The van der Waals surface area contributed by atoms with Gasteiger partial charge in [0.15, 0.2) is 0 Å². The molecular weight excluding hydrogens is 280 g/mol. The summed E-state index contributed by atoms with van der Waals surface area (Å²) in [6.07, 6.45) is 9.74. The van der Waals surface area contributed by atoms with Crippen LogP contribution < -0.4 is 10.2 Å². The molecule has 2 heterocycles. The van der Waals surface area contributed by atoms with E-state index >= 15 is 0 Å². The first-order chi connectivity index (χ1) is 10.5. The zero-order valence-electron chi connectivity index (χ0n) is 12.8. The Kier molecular flexibility index (Phi) is 5.13. The first-order valence-electron chi connectivity index (χ1n) is 6.77. The molecule has 0 fully saturated rings. The third kappa shape index (κ3) is 4.62. The van der Waals surface area contributed by atoms with Gasteiger partial charge in [-0.25, -0.2) is 9.97 Å². The highest BCUT2D eigenvalue weighted by atomic mass is 16.1. The fourth-order valence-corrected chi connectivity index (χ4v) is 1.57. The summed E-state index contributed by atoms with van der Waals surface area (Å²) in [7, 11) is 3.73. The molecule has 0 saturated heterocycles. The zero-order valence-corrected chi connectivity index (χ0v) is 12.8. The molecule has 2 aromatic heterocycles. The van der Waals surface area contributed by atoms with E-state index in [0.29, 0.717) is 18.2 Å². The van der Waals surface area contributed by atoms with Crippen LogP contribution in [-0.4, -0.2) is 39.9 Å². The van der Waals surface area contributed by atoms with Gasteiger partial charge in [0.25, 0.3) is 0 Å². The van der Waals surface area contributed by atoms with Crippen LogP contribution in [0.4, 0.5) is 5.95 Å². The van der Waals surface area contributed by atoms with E-state index in [4.69, 9.17) is 0 Å². The standard InChI is InChI=1S/C15H18N6O/c1-11-6-17-13(9-16-11)10-18-14(22)5-4-12-7-19-15(20-8-12)21(2)3/h4-9H,10H2,1-3H3,(H,18,22). The molecule has 114 valence electrons. The lowest BCUT2D eigenvalue weighted by molar-refractivity contribution is -0.116. The smallest absolute Gasteiger partial charge is 0.244 e. The molecular formula is C15H18N6O. The lowest BCUT2D eigenvalue weighted by Gasteiger charge is -2.08. The van der Waals surface area contributed by atoms with E-state index in [0.717, 1.165) is 11.3 Å². The van der Waals surface area contributed by atoms with E-state index in [9.17, 15) is 4.79 Å². The van der Waals surface area contributed by atoms with Gasteiger partial charge in [-0.3, -0.25) is 14.8 Å². The number of nitrogens with one attached hydrogen (secondary N) is 1. The minimum Gasteiger partial charge on any atom is -0.347 e. The molecule has 2 rings (SSSR count). The number of rotatable bonds is 5. The number of hydrogen-bond acceptors (Lipinski definition) is 6. The van der Waals surface area contributed by atoms with Gasteiger partial charge in [-0.1, -0.05) is 0 Å². The molecule has 0 aliphatic rings. The summed E-state index contributed by atoms with van der Waals surface area (Å²) in [6.45, 7) is 2.20. The number of amides is 1. The molecule has 0 unspecified atom stereocenters. The molecule has 22 heavy (non-hydrogen) atoms. The Labute approximate surface area is 129 Å². The van der Waals surface area contributed by atoms with Crippen molar-refractivity contribution in [2.75, 3.05) is 19.0 Å². The summed E-state index contributed by atoms with van der Waals surface area (Å²) in [5, 5.41) is 2.74. The van der Waals surface area contributed by atoms with Gasteiger partial charge < -0.3 is 10.2 Å². The Balaban J connectivity index is 1.87. The van der Waals surface area contributed by atoms with Gasteiger partial charge in [0.05, 0.1) is 24.1 Å². The van der Waals surface area contributed by atoms with Crippen LogP contribution in [0, 0.1) is 6.92 Å². The van der Waals surface area contributed by atoms with Crippen molar-refractivity contribution < 1.29 is 4.79 Å². The van der Waals surface area contributed by atoms with Crippen LogP contribution in [0.15, 0.2) is 30.9 Å². The average Bonchev–Trinajstić information content (AvgIpc) is 2.52. The number of carbonyl (C=O) groups excluding carboxylic acids is 1. The first kappa shape index (κ1) is 15.6. The second kappa shape index (κ2) is 7.26. The zero-order chi connectivity index (χ0) is 15.9. The number of aromatic nitrogens is 4. The van der Waals surface area contributed by atoms with E-state index in [1.54, 1.807) is 30.9 Å². The fraction of sp³-hybridized carbons (Fsp3) is 0.267. The molecule has 7 heteroatoms. The maximum Gasteiger partial charge on any atom is 0.244 e. The molecule has 0 aliphatic heterocycles. The van der Waals surface area contributed by atoms with Gasteiger partial charge in [-0.05, 0) is 13.0 Å². The third-order valence-corrected chi connectivity index (χ3v) is 2.76. The van der Waals surface area contributed by atoms with Crippen molar-refractivity contribution in [2.45, 2.75) is 13.5 Å². The molecule has 0 spiro atoms.